The molecular formula is C27H26N4O2S2. The lowest BCUT2D eigenvalue weighted by Gasteiger charge is -2.18. The number of thiophene rings is 1. The third-order valence-corrected chi connectivity index (χ3v) is 8.08. The summed E-state index contributed by atoms with van der Waals surface area (Å²) in [6, 6.07) is 17.6. The number of fused-ring (bicyclic) bond motifs is 3. The fourth-order valence-corrected chi connectivity index (χ4v) is 6.32. The van der Waals surface area contributed by atoms with E-state index in [0.717, 1.165) is 45.0 Å². The molecular weight excluding hydrogens is 476 g/mol. The molecule has 0 fully saturated rings. The molecule has 35 heavy (non-hydrogen) atoms. The fourth-order valence-electron chi connectivity index (χ4n) is 4.09. The van der Waals surface area contributed by atoms with Crippen molar-refractivity contribution in [2.45, 2.75) is 37.8 Å². The van der Waals surface area contributed by atoms with E-state index in [1.165, 1.54) is 28.6 Å². The fraction of sp³-hybridized carbons (Fsp3) is 0.259. The summed E-state index contributed by atoms with van der Waals surface area (Å²) in [5.74, 6) is 1.57. The van der Waals surface area contributed by atoms with Gasteiger partial charge >= 0.3 is 0 Å². The van der Waals surface area contributed by atoms with Gasteiger partial charge < -0.3 is 4.74 Å². The summed E-state index contributed by atoms with van der Waals surface area (Å²) >= 11 is 3.21. The molecule has 1 N–H and O–H groups in total. The molecule has 5 rings (SSSR count). The number of carbonyl (C=O) groups is 1. The number of amides is 1. The van der Waals surface area contributed by atoms with E-state index in [1.807, 2.05) is 54.6 Å². The second kappa shape index (κ2) is 11.0. The number of hydrazone groups is 1. The number of aromatic nitrogens is 2. The highest BCUT2D eigenvalue weighted by molar-refractivity contribution is 8.00. The van der Waals surface area contributed by atoms with Gasteiger partial charge in [0.25, 0.3) is 0 Å². The number of hydrogen-bond donors (Lipinski definition) is 1. The number of rotatable bonds is 8. The number of nitrogens with zero attached hydrogens (tertiary/aromatic N) is 3. The first-order valence-electron chi connectivity index (χ1n) is 11.6. The molecule has 2 heterocycles. The van der Waals surface area contributed by atoms with E-state index in [4.69, 9.17) is 4.74 Å². The Kier molecular flexibility index (Phi) is 7.39. The van der Waals surface area contributed by atoms with Gasteiger partial charge in [0, 0.05) is 10.3 Å². The third kappa shape index (κ3) is 5.89. The maximum Gasteiger partial charge on any atom is 0.250 e. The summed E-state index contributed by atoms with van der Waals surface area (Å²) in [6.07, 6.45) is 6.58. The Labute approximate surface area is 212 Å². The number of aryl methyl sites for hydroxylation is 1. The van der Waals surface area contributed by atoms with Crippen LogP contribution in [0.25, 0.3) is 10.2 Å². The minimum atomic E-state index is -0.168. The molecule has 2 aromatic heterocycles. The smallest absolute Gasteiger partial charge is 0.250 e. The highest BCUT2D eigenvalue weighted by Crippen LogP contribution is 2.40. The van der Waals surface area contributed by atoms with Crippen molar-refractivity contribution in [3.8, 4) is 5.75 Å². The van der Waals surface area contributed by atoms with Crippen molar-refractivity contribution in [1.29, 1.82) is 0 Å². The van der Waals surface area contributed by atoms with Crippen LogP contribution in [0.15, 0.2) is 71.1 Å². The number of ether oxygens (including phenoxy) is 1. The van der Waals surface area contributed by atoms with Gasteiger partial charge in [0.2, 0.25) is 5.91 Å². The Morgan fingerprint density at radius 2 is 2.03 bits per heavy atom. The molecule has 1 amide bonds. The second-order valence-electron chi connectivity index (χ2n) is 8.64. The lowest BCUT2D eigenvalue weighted by Crippen LogP contribution is -2.19. The molecule has 8 heteroatoms. The van der Waals surface area contributed by atoms with Gasteiger partial charge in [-0.25, -0.2) is 15.4 Å². The van der Waals surface area contributed by atoms with Crippen molar-refractivity contribution >= 4 is 45.4 Å². The monoisotopic (exact) mass is 502 g/mol. The van der Waals surface area contributed by atoms with Crippen LogP contribution in [-0.4, -0.2) is 27.8 Å². The lowest BCUT2D eigenvalue weighted by molar-refractivity contribution is -0.118. The molecule has 0 bridgehead atoms. The van der Waals surface area contributed by atoms with Crippen LogP contribution < -0.4 is 10.2 Å². The van der Waals surface area contributed by atoms with E-state index in [1.54, 1.807) is 23.9 Å². The largest absolute Gasteiger partial charge is 0.489 e. The minimum absolute atomic E-state index is 0.168. The van der Waals surface area contributed by atoms with Crippen LogP contribution in [0.3, 0.4) is 0 Å². The maximum absolute atomic E-state index is 12.4. The third-order valence-electron chi connectivity index (χ3n) is 5.93. The molecule has 1 unspecified atom stereocenters. The van der Waals surface area contributed by atoms with E-state index < -0.39 is 0 Å². The van der Waals surface area contributed by atoms with Gasteiger partial charge in [-0.2, -0.15) is 5.10 Å². The van der Waals surface area contributed by atoms with Crippen LogP contribution in [0, 0.1) is 5.92 Å². The van der Waals surface area contributed by atoms with Crippen LogP contribution in [0.5, 0.6) is 5.75 Å². The van der Waals surface area contributed by atoms with Crippen LogP contribution in [0.4, 0.5) is 0 Å². The van der Waals surface area contributed by atoms with Gasteiger partial charge in [0.05, 0.1) is 12.0 Å². The zero-order valence-corrected chi connectivity index (χ0v) is 21.1. The second-order valence-corrected chi connectivity index (χ2v) is 10.7. The Balaban J connectivity index is 1.13. The summed E-state index contributed by atoms with van der Waals surface area (Å²) in [5.41, 5.74) is 5.98. The Morgan fingerprint density at radius 3 is 2.86 bits per heavy atom. The summed E-state index contributed by atoms with van der Waals surface area (Å²) in [6.45, 7) is 2.82. The Hall–Kier alpha value is -3.23. The van der Waals surface area contributed by atoms with Crippen molar-refractivity contribution in [1.82, 2.24) is 15.4 Å². The van der Waals surface area contributed by atoms with E-state index in [2.05, 4.69) is 27.4 Å². The van der Waals surface area contributed by atoms with Gasteiger partial charge in [-0.15, -0.1) is 11.3 Å². The number of hydrogen-bond acceptors (Lipinski definition) is 7. The molecule has 0 saturated carbocycles. The Bertz CT molecular complexity index is 1340. The van der Waals surface area contributed by atoms with E-state index in [0.29, 0.717) is 12.5 Å². The standard InChI is InChI=1S/C27H26N4O2S2/c1-18-7-12-22-23(13-18)35-27-25(22)26(28-17-29-27)34-16-24(32)31-30-14-19-8-10-21(11-9-19)33-15-20-5-3-2-4-6-20/h2-6,8-11,14,17-18H,7,12-13,15-16H2,1H3,(H,31,32). The first-order chi connectivity index (χ1) is 17.2. The van der Waals surface area contributed by atoms with Crippen molar-refractivity contribution in [3.63, 3.8) is 0 Å². The van der Waals surface area contributed by atoms with Crippen LogP contribution in [-0.2, 0) is 24.2 Å². The van der Waals surface area contributed by atoms with E-state index in [-0.39, 0.29) is 11.7 Å². The first kappa shape index (κ1) is 23.5. The van der Waals surface area contributed by atoms with E-state index >= 15 is 0 Å². The topological polar surface area (TPSA) is 76.5 Å². The van der Waals surface area contributed by atoms with Crippen molar-refractivity contribution in [2.75, 3.05) is 5.75 Å². The first-order valence-corrected chi connectivity index (χ1v) is 13.4. The summed E-state index contributed by atoms with van der Waals surface area (Å²) in [4.78, 5) is 23.8. The number of carbonyl (C=O) groups excluding carboxylic acids is 1. The van der Waals surface area contributed by atoms with Gasteiger partial charge in [0.1, 0.15) is 28.5 Å². The maximum atomic E-state index is 12.4. The zero-order chi connectivity index (χ0) is 24.0. The van der Waals surface area contributed by atoms with Gasteiger partial charge in [-0.05, 0) is 66.1 Å². The molecule has 4 aromatic rings. The average molecular weight is 503 g/mol. The van der Waals surface area contributed by atoms with Crippen LogP contribution in [0.2, 0.25) is 0 Å². The molecule has 6 nitrogen and oxygen atoms in total. The van der Waals surface area contributed by atoms with Crippen molar-refractivity contribution < 1.29 is 9.53 Å². The molecule has 0 spiro atoms. The zero-order valence-electron chi connectivity index (χ0n) is 19.4. The predicted molar refractivity (Wildman–Crippen MR) is 142 cm³/mol. The quantitative estimate of drug-likeness (QED) is 0.146. The molecule has 0 saturated heterocycles. The molecule has 178 valence electrons. The molecule has 1 aliphatic carbocycles. The number of thioether (sulfide) groups is 1. The Morgan fingerprint density at radius 1 is 1.20 bits per heavy atom. The highest BCUT2D eigenvalue weighted by Gasteiger charge is 2.23. The lowest BCUT2D eigenvalue weighted by atomic mass is 9.89. The predicted octanol–water partition coefficient (Wildman–Crippen LogP) is 5.64. The van der Waals surface area contributed by atoms with Crippen LogP contribution >= 0.6 is 23.1 Å². The normalized spacial score (nSPS) is 15.3. The van der Waals surface area contributed by atoms with E-state index in [9.17, 15) is 4.79 Å². The molecule has 1 atom stereocenters. The van der Waals surface area contributed by atoms with Crippen LogP contribution in [0.1, 0.15) is 34.9 Å². The SMILES string of the molecule is CC1CCc2c(sc3ncnc(SCC(=O)NN=Cc4ccc(OCc5ccccc5)cc4)c23)C1. The average Bonchev–Trinajstić information content (AvgIpc) is 3.25. The van der Waals surface area contributed by atoms with Gasteiger partial charge in [-0.1, -0.05) is 49.0 Å². The van der Waals surface area contributed by atoms with Gasteiger partial charge in [0.15, 0.2) is 0 Å². The molecule has 2 aromatic carbocycles. The summed E-state index contributed by atoms with van der Waals surface area (Å²) < 4.78 is 5.80. The minimum Gasteiger partial charge on any atom is -0.489 e. The summed E-state index contributed by atoms with van der Waals surface area (Å²) in [7, 11) is 0. The number of nitrogens with one attached hydrogen (secondary N) is 1. The van der Waals surface area contributed by atoms with Crippen molar-refractivity contribution in [3.05, 3.63) is 82.5 Å². The molecule has 0 aliphatic heterocycles. The summed E-state index contributed by atoms with van der Waals surface area (Å²) in [5, 5.41) is 6.11. The molecule has 0 radical (unpaired) electrons. The number of benzene rings is 2. The van der Waals surface area contributed by atoms with Crippen molar-refractivity contribution in [2.24, 2.45) is 11.0 Å². The highest BCUT2D eigenvalue weighted by atomic mass is 32.2. The molecule has 1 aliphatic rings. The van der Waals surface area contributed by atoms with Gasteiger partial charge in [-0.3, -0.25) is 4.79 Å².